The van der Waals surface area contributed by atoms with Crippen molar-refractivity contribution in [3.63, 3.8) is 0 Å². The Balaban J connectivity index is 2.91. The number of hydrogen-bond acceptors (Lipinski definition) is 3. The first-order valence-corrected chi connectivity index (χ1v) is 6.36. The number of halogens is 3. The number of hydrogen-bond donors (Lipinski definition) is 1. The van der Waals surface area contributed by atoms with Crippen molar-refractivity contribution in [2.75, 3.05) is 6.26 Å². The van der Waals surface area contributed by atoms with E-state index in [1.165, 1.54) is 23.9 Å². The van der Waals surface area contributed by atoms with E-state index in [9.17, 15) is 23.1 Å². The van der Waals surface area contributed by atoms with Crippen molar-refractivity contribution < 1.29 is 23.1 Å². The monoisotopic (exact) mass is 278 g/mol. The van der Waals surface area contributed by atoms with Crippen LogP contribution in [0.25, 0.3) is 0 Å². The maximum absolute atomic E-state index is 12.2. The summed E-state index contributed by atoms with van der Waals surface area (Å²) in [6.07, 6.45) is -4.29. The molecule has 0 saturated heterocycles. The molecular weight excluding hydrogens is 265 g/mol. The minimum absolute atomic E-state index is 0.0713. The van der Waals surface area contributed by atoms with E-state index >= 15 is 0 Å². The van der Waals surface area contributed by atoms with Gasteiger partial charge in [-0.2, -0.15) is 13.2 Å². The van der Waals surface area contributed by atoms with Gasteiger partial charge in [0.15, 0.2) is 5.78 Å². The third-order valence-corrected chi connectivity index (χ3v) is 3.13. The van der Waals surface area contributed by atoms with Gasteiger partial charge in [-0.05, 0) is 25.3 Å². The molecule has 0 aromatic heterocycles. The lowest BCUT2D eigenvalue weighted by molar-refractivity contribution is -0.163. The Hall–Kier alpha value is -1.01. The summed E-state index contributed by atoms with van der Waals surface area (Å²) in [6, 6.07) is 6.08. The normalized spacial score (nSPS) is 15.2. The smallest absolute Gasteiger partial charge is 0.382 e. The number of alkyl halides is 3. The second kappa shape index (κ2) is 5.32. The molecule has 0 aliphatic rings. The SMILES string of the molecule is CSc1ccc(C(=O)[C@](C)(O)CC(F)(F)F)cc1. The lowest BCUT2D eigenvalue weighted by Gasteiger charge is -2.23. The fourth-order valence-electron chi connectivity index (χ4n) is 1.52. The Morgan fingerprint density at radius 2 is 1.78 bits per heavy atom. The van der Waals surface area contributed by atoms with E-state index < -0.39 is 24.0 Å². The van der Waals surface area contributed by atoms with Crippen LogP contribution >= 0.6 is 11.8 Å². The first kappa shape index (κ1) is 15.0. The third kappa shape index (κ3) is 4.03. The van der Waals surface area contributed by atoms with Gasteiger partial charge in [0, 0.05) is 10.5 Å². The van der Waals surface area contributed by atoms with Crippen LogP contribution in [0, 0.1) is 0 Å². The fourth-order valence-corrected chi connectivity index (χ4v) is 1.93. The highest BCUT2D eigenvalue weighted by Gasteiger charge is 2.43. The lowest BCUT2D eigenvalue weighted by atomic mass is 9.91. The molecule has 0 fully saturated rings. The number of carbonyl (C=O) groups is 1. The molecule has 0 spiro atoms. The number of aliphatic hydroxyl groups is 1. The molecule has 100 valence electrons. The van der Waals surface area contributed by atoms with Gasteiger partial charge in [0.1, 0.15) is 5.60 Å². The van der Waals surface area contributed by atoms with Crippen molar-refractivity contribution in [1.82, 2.24) is 0 Å². The molecule has 1 N–H and O–H groups in total. The third-order valence-electron chi connectivity index (χ3n) is 2.39. The summed E-state index contributed by atoms with van der Waals surface area (Å²) in [4.78, 5) is 12.7. The van der Waals surface area contributed by atoms with Gasteiger partial charge in [-0.3, -0.25) is 4.79 Å². The molecule has 1 atom stereocenters. The molecule has 0 unspecified atom stereocenters. The highest BCUT2D eigenvalue weighted by atomic mass is 32.2. The highest BCUT2D eigenvalue weighted by Crippen LogP contribution is 2.30. The Morgan fingerprint density at radius 1 is 1.28 bits per heavy atom. The van der Waals surface area contributed by atoms with Crippen LogP contribution in [0.2, 0.25) is 0 Å². The van der Waals surface area contributed by atoms with Crippen LogP contribution in [-0.4, -0.2) is 28.9 Å². The standard InChI is InChI=1S/C12H13F3O2S/c1-11(17,7-12(13,14)15)10(16)8-3-5-9(18-2)6-4-8/h3-6,17H,7H2,1-2H3/t11-/m1/s1. The van der Waals surface area contributed by atoms with Crippen LogP contribution in [0.15, 0.2) is 29.2 Å². The van der Waals surface area contributed by atoms with Crippen molar-refractivity contribution in [3.8, 4) is 0 Å². The molecule has 6 heteroatoms. The highest BCUT2D eigenvalue weighted by molar-refractivity contribution is 7.98. The lowest BCUT2D eigenvalue weighted by Crippen LogP contribution is -2.39. The molecule has 0 aliphatic heterocycles. The Kier molecular flexibility index (Phi) is 4.45. The molecule has 1 rings (SSSR count). The zero-order valence-corrected chi connectivity index (χ0v) is 10.7. The number of rotatable bonds is 4. The van der Waals surface area contributed by atoms with E-state index in [2.05, 4.69) is 0 Å². The second-order valence-corrected chi connectivity index (χ2v) is 5.00. The summed E-state index contributed by atoms with van der Waals surface area (Å²) in [5.41, 5.74) is -2.36. The number of carbonyl (C=O) groups excluding carboxylic acids is 1. The van der Waals surface area contributed by atoms with Gasteiger partial charge in [0.05, 0.1) is 6.42 Å². The first-order valence-electron chi connectivity index (χ1n) is 5.14. The van der Waals surface area contributed by atoms with Crippen LogP contribution < -0.4 is 0 Å². The summed E-state index contributed by atoms with van der Waals surface area (Å²) in [5.74, 6) is -0.924. The molecule has 0 bridgehead atoms. The predicted octanol–water partition coefficient (Wildman–Crippen LogP) is 3.29. The van der Waals surface area contributed by atoms with Crippen molar-refractivity contribution >= 4 is 17.5 Å². The summed E-state index contributed by atoms with van der Waals surface area (Å²) < 4.78 is 36.7. The van der Waals surface area contributed by atoms with E-state index in [-0.39, 0.29) is 5.56 Å². The number of thioether (sulfide) groups is 1. The zero-order valence-electron chi connectivity index (χ0n) is 9.91. The summed E-state index contributed by atoms with van der Waals surface area (Å²) >= 11 is 1.45. The quantitative estimate of drug-likeness (QED) is 0.678. The Bertz CT molecular complexity index is 424. The molecule has 18 heavy (non-hydrogen) atoms. The van der Waals surface area contributed by atoms with Crippen LogP contribution in [0.4, 0.5) is 13.2 Å². The maximum atomic E-state index is 12.2. The van der Waals surface area contributed by atoms with Gasteiger partial charge in [0.2, 0.25) is 0 Å². The molecule has 0 saturated carbocycles. The molecule has 1 aromatic rings. The van der Waals surface area contributed by atoms with Gasteiger partial charge in [-0.1, -0.05) is 12.1 Å². The van der Waals surface area contributed by atoms with Crippen molar-refractivity contribution in [3.05, 3.63) is 29.8 Å². The van der Waals surface area contributed by atoms with Gasteiger partial charge >= 0.3 is 6.18 Å². The summed E-state index contributed by atoms with van der Waals surface area (Å²) in [7, 11) is 0. The van der Waals surface area contributed by atoms with Gasteiger partial charge in [-0.15, -0.1) is 11.8 Å². The van der Waals surface area contributed by atoms with Crippen molar-refractivity contribution in [2.45, 2.75) is 30.0 Å². The van der Waals surface area contributed by atoms with Crippen LogP contribution in [0.3, 0.4) is 0 Å². The molecule has 0 aliphatic carbocycles. The number of ketones is 1. The van der Waals surface area contributed by atoms with Crippen LogP contribution in [0.1, 0.15) is 23.7 Å². The average molecular weight is 278 g/mol. The molecule has 0 heterocycles. The number of benzene rings is 1. The fraction of sp³-hybridized carbons (Fsp3) is 0.417. The summed E-state index contributed by atoms with van der Waals surface area (Å²) in [5, 5.41) is 9.62. The molecule has 2 nitrogen and oxygen atoms in total. The van der Waals surface area contributed by atoms with E-state index in [1.807, 2.05) is 6.26 Å². The van der Waals surface area contributed by atoms with Crippen LogP contribution in [0.5, 0.6) is 0 Å². The average Bonchev–Trinajstić information content (AvgIpc) is 2.25. The second-order valence-electron chi connectivity index (χ2n) is 4.12. The van der Waals surface area contributed by atoms with E-state index in [4.69, 9.17) is 0 Å². The number of Topliss-reactive ketones (excluding diaryl/α,β-unsaturated/α-hetero) is 1. The predicted molar refractivity (Wildman–Crippen MR) is 63.8 cm³/mol. The van der Waals surface area contributed by atoms with E-state index in [0.717, 1.165) is 11.8 Å². The van der Waals surface area contributed by atoms with Gasteiger partial charge in [0.25, 0.3) is 0 Å². The minimum atomic E-state index is -4.58. The molecular formula is C12H13F3O2S. The van der Waals surface area contributed by atoms with Crippen LogP contribution in [-0.2, 0) is 0 Å². The largest absolute Gasteiger partial charge is 0.392 e. The summed E-state index contributed by atoms with van der Waals surface area (Å²) in [6.45, 7) is 0.880. The minimum Gasteiger partial charge on any atom is -0.382 e. The Morgan fingerprint density at radius 3 is 2.17 bits per heavy atom. The zero-order chi connectivity index (χ0) is 14.0. The van der Waals surface area contributed by atoms with Gasteiger partial charge < -0.3 is 5.11 Å². The first-order chi connectivity index (χ1) is 8.15. The van der Waals surface area contributed by atoms with E-state index in [1.54, 1.807) is 12.1 Å². The van der Waals surface area contributed by atoms with Gasteiger partial charge in [-0.25, -0.2) is 0 Å². The molecule has 1 aromatic carbocycles. The molecule has 0 radical (unpaired) electrons. The topological polar surface area (TPSA) is 37.3 Å². The molecule has 0 amide bonds. The van der Waals surface area contributed by atoms with E-state index in [0.29, 0.717) is 0 Å². The maximum Gasteiger partial charge on any atom is 0.392 e. The van der Waals surface area contributed by atoms with Crippen molar-refractivity contribution in [1.29, 1.82) is 0 Å². The van der Waals surface area contributed by atoms with Crippen molar-refractivity contribution in [2.24, 2.45) is 0 Å². The Labute approximate surface area is 107 Å².